The predicted molar refractivity (Wildman–Crippen MR) is 108 cm³/mol. The van der Waals surface area contributed by atoms with Crippen LogP contribution in [0.2, 0.25) is 0 Å². The molecule has 0 spiro atoms. The van der Waals surface area contributed by atoms with Crippen molar-refractivity contribution in [1.82, 2.24) is 20.0 Å². The third-order valence-corrected chi connectivity index (χ3v) is 5.99. The van der Waals surface area contributed by atoms with Crippen molar-refractivity contribution in [3.05, 3.63) is 48.5 Å². The van der Waals surface area contributed by atoms with Crippen molar-refractivity contribution in [3.8, 4) is 0 Å². The standard InChI is InChI=1S/C20H19N5O2S/c26-19(13-25-17-9-3-1-7-15(17)22-23-25)24(12-14-6-5-11-27-14)20-21-16-8-2-4-10-18(16)28-20/h1-4,7-10,14H,5-6,11-13H2/t14-/m1/s1. The highest BCUT2D eigenvalue weighted by molar-refractivity contribution is 7.22. The maximum Gasteiger partial charge on any atom is 0.250 e. The Balaban J connectivity index is 1.46. The number of carbonyl (C=O) groups excluding carboxylic acids is 1. The molecule has 0 N–H and O–H groups in total. The van der Waals surface area contributed by atoms with E-state index in [0.29, 0.717) is 11.7 Å². The molecule has 0 radical (unpaired) electrons. The Morgan fingerprint density at radius 1 is 1.18 bits per heavy atom. The van der Waals surface area contributed by atoms with Gasteiger partial charge in [-0.3, -0.25) is 9.69 Å². The summed E-state index contributed by atoms with van der Waals surface area (Å²) in [6, 6.07) is 15.6. The van der Waals surface area contributed by atoms with Crippen LogP contribution in [-0.4, -0.2) is 45.1 Å². The number of carbonyl (C=O) groups is 1. The lowest BCUT2D eigenvalue weighted by Crippen LogP contribution is -2.39. The van der Waals surface area contributed by atoms with Crippen LogP contribution in [0, 0.1) is 0 Å². The van der Waals surface area contributed by atoms with Gasteiger partial charge in [0, 0.05) is 6.61 Å². The number of thiazole rings is 1. The van der Waals surface area contributed by atoms with Gasteiger partial charge in [-0.2, -0.15) is 0 Å². The van der Waals surface area contributed by atoms with Gasteiger partial charge in [0.1, 0.15) is 12.1 Å². The van der Waals surface area contributed by atoms with E-state index < -0.39 is 0 Å². The number of aromatic nitrogens is 4. The molecule has 28 heavy (non-hydrogen) atoms. The predicted octanol–water partition coefficient (Wildman–Crippen LogP) is 3.25. The van der Waals surface area contributed by atoms with Crippen LogP contribution < -0.4 is 4.90 Å². The summed E-state index contributed by atoms with van der Waals surface area (Å²) in [4.78, 5) is 19.7. The van der Waals surface area contributed by atoms with Gasteiger partial charge in [-0.15, -0.1) is 5.10 Å². The molecule has 7 nitrogen and oxygen atoms in total. The van der Waals surface area contributed by atoms with Crippen molar-refractivity contribution >= 4 is 43.6 Å². The quantitative estimate of drug-likeness (QED) is 0.520. The van der Waals surface area contributed by atoms with E-state index in [1.54, 1.807) is 9.58 Å². The van der Waals surface area contributed by atoms with E-state index in [4.69, 9.17) is 9.72 Å². The van der Waals surface area contributed by atoms with Crippen LogP contribution in [-0.2, 0) is 16.1 Å². The Hall–Kier alpha value is -2.84. The molecule has 1 aliphatic heterocycles. The van der Waals surface area contributed by atoms with Crippen LogP contribution >= 0.6 is 11.3 Å². The number of amides is 1. The van der Waals surface area contributed by atoms with Crippen LogP contribution in [0.5, 0.6) is 0 Å². The SMILES string of the molecule is O=C(Cn1nnc2ccccc21)N(C[C@H]1CCCO1)c1nc2ccccc2s1. The van der Waals surface area contributed by atoms with Crippen molar-refractivity contribution in [2.45, 2.75) is 25.5 Å². The first kappa shape index (κ1) is 17.3. The number of anilines is 1. The monoisotopic (exact) mass is 393 g/mol. The minimum atomic E-state index is -0.0646. The number of para-hydroxylation sites is 2. The van der Waals surface area contributed by atoms with Gasteiger partial charge in [0.2, 0.25) is 0 Å². The summed E-state index contributed by atoms with van der Waals surface area (Å²) in [5.74, 6) is -0.0646. The van der Waals surface area contributed by atoms with Gasteiger partial charge in [-0.25, -0.2) is 9.67 Å². The van der Waals surface area contributed by atoms with Crippen molar-refractivity contribution in [2.24, 2.45) is 0 Å². The van der Waals surface area contributed by atoms with Crippen LogP contribution in [0.4, 0.5) is 5.13 Å². The van der Waals surface area contributed by atoms with Crippen LogP contribution in [0.25, 0.3) is 21.3 Å². The molecule has 1 amide bonds. The molecule has 0 unspecified atom stereocenters. The Morgan fingerprint density at radius 2 is 2.00 bits per heavy atom. The average Bonchev–Trinajstić information content (AvgIpc) is 3.46. The molecule has 0 saturated carbocycles. The molecule has 142 valence electrons. The third kappa shape index (κ3) is 3.25. The number of hydrogen-bond donors (Lipinski definition) is 0. The zero-order valence-corrected chi connectivity index (χ0v) is 16.0. The first-order valence-corrected chi connectivity index (χ1v) is 10.2. The number of fused-ring (bicyclic) bond motifs is 2. The van der Waals surface area contributed by atoms with Crippen molar-refractivity contribution in [3.63, 3.8) is 0 Å². The van der Waals surface area contributed by atoms with Crippen molar-refractivity contribution in [2.75, 3.05) is 18.1 Å². The fourth-order valence-corrected chi connectivity index (χ4v) is 4.49. The highest BCUT2D eigenvalue weighted by Gasteiger charge is 2.26. The Labute approximate surface area is 165 Å². The minimum Gasteiger partial charge on any atom is -0.376 e. The molecule has 0 aliphatic carbocycles. The van der Waals surface area contributed by atoms with Gasteiger partial charge in [0.05, 0.1) is 28.4 Å². The highest BCUT2D eigenvalue weighted by atomic mass is 32.1. The Morgan fingerprint density at radius 3 is 2.82 bits per heavy atom. The fraction of sp³-hybridized carbons (Fsp3) is 0.300. The summed E-state index contributed by atoms with van der Waals surface area (Å²) in [6.45, 7) is 1.37. The number of benzene rings is 2. The maximum atomic E-state index is 13.3. The molecule has 1 aliphatic rings. The lowest BCUT2D eigenvalue weighted by Gasteiger charge is -2.23. The molecule has 1 saturated heterocycles. The third-order valence-electron chi connectivity index (χ3n) is 4.93. The molecule has 5 rings (SSSR count). The van der Waals surface area contributed by atoms with Crippen molar-refractivity contribution in [1.29, 1.82) is 0 Å². The molecule has 0 bridgehead atoms. The normalized spacial score (nSPS) is 16.8. The van der Waals surface area contributed by atoms with E-state index in [-0.39, 0.29) is 18.6 Å². The van der Waals surface area contributed by atoms with Gasteiger partial charge in [-0.05, 0) is 37.1 Å². The molecule has 2 aromatic heterocycles. The number of hydrogen-bond acceptors (Lipinski definition) is 6. The maximum absolute atomic E-state index is 13.3. The number of ether oxygens (including phenoxy) is 1. The van der Waals surface area contributed by atoms with E-state index in [0.717, 1.165) is 40.7 Å². The summed E-state index contributed by atoms with van der Waals surface area (Å²) in [5, 5.41) is 9.00. The molecule has 1 fully saturated rings. The van der Waals surface area contributed by atoms with E-state index in [2.05, 4.69) is 10.3 Å². The van der Waals surface area contributed by atoms with Crippen LogP contribution in [0.1, 0.15) is 12.8 Å². The average molecular weight is 393 g/mol. The van der Waals surface area contributed by atoms with Crippen LogP contribution in [0.15, 0.2) is 48.5 Å². The van der Waals surface area contributed by atoms with Gasteiger partial charge >= 0.3 is 0 Å². The van der Waals surface area contributed by atoms with E-state index in [1.807, 2.05) is 48.5 Å². The summed E-state index contributed by atoms with van der Waals surface area (Å²) in [7, 11) is 0. The molecule has 8 heteroatoms. The summed E-state index contributed by atoms with van der Waals surface area (Å²) < 4.78 is 8.49. The smallest absolute Gasteiger partial charge is 0.250 e. The van der Waals surface area contributed by atoms with Gasteiger partial charge < -0.3 is 4.74 Å². The molecular weight excluding hydrogens is 374 g/mol. The van der Waals surface area contributed by atoms with Gasteiger partial charge in [0.25, 0.3) is 5.91 Å². The highest BCUT2D eigenvalue weighted by Crippen LogP contribution is 2.30. The summed E-state index contributed by atoms with van der Waals surface area (Å²) in [6.07, 6.45) is 2.03. The zero-order chi connectivity index (χ0) is 18.9. The lowest BCUT2D eigenvalue weighted by molar-refractivity contribution is -0.119. The number of rotatable bonds is 5. The Bertz CT molecular complexity index is 1100. The minimum absolute atomic E-state index is 0.0449. The lowest BCUT2D eigenvalue weighted by atomic mass is 10.2. The fourth-order valence-electron chi connectivity index (χ4n) is 3.50. The van der Waals surface area contributed by atoms with E-state index in [9.17, 15) is 4.79 Å². The molecule has 3 heterocycles. The second-order valence-electron chi connectivity index (χ2n) is 6.84. The zero-order valence-electron chi connectivity index (χ0n) is 15.2. The summed E-state index contributed by atoms with van der Waals surface area (Å²) >= 11 is 1.53. The van der Waals surface area contributed by atoms with Crippen LogP contribution in [0.3, 0.4) is 0 Å². The molecule has 2 aromatic carbocycles. The molecular formula is C20H19N5O2S. The largest absolute Gasteiger partial charge is 0.376 e. The molecule has 1 atom stereocenters. The molecule has 4 aromatic rings. The second-order valence-corrected chi connectivity index (χ2v) is 7.85. The first-order valence-electron chi connectivity index (χ1n) is 9.34. The van der Waals surface area contributed by atoms with E-state index >= 15 is 0 Å². The van der Waals surface area contributed by atoms with Gasteiger partial charge in [-0.1, -0.05) is 40.8 Å². The topological polar surface area (TPSA) is 73.1 Å². The second kappa shape index (κ2) is 7.29. The van der Waals surface area contributed by atoms with Gasteiger partial charge in [0.15, 0.2) is 5.13 Å². The summed E-state index contributed by atoms with van der Waals surface area (Å²) in [5.41, 5.74) is 2.53. The van der Waals surface area contributed by atoms with Crippen molar-refractivity contribution < 1.29 is 9.53 Å². The first-order chi connectivity index (χ1) is 13.8. The van der Waals surface area contributed by atoms with E-state index in [1.165, 1.54) is 11.3 Å². The Kier molecular flexibility index (Phi) is 4.50. The number of nitrogens with zero attached hydrogens (tertiary/aromatic N) is 5.